The Morgan fingerprint density at radius 2 is 1.77 bits per heavy atom. The Morgan fingerprint density at radius 3 is 2.46 bits per heavy atom. The fourth-order valence-corrected chi connectivity index (χ4v) is 3.15. The van der Waals surface area contributed by atoms with Gasteiger partial charge >= 0.3 is 5.97 Å². The van der Waals surface area contributed by atoms with Gasteiger partial charge in [0.1, 0.15) is 6.61 Å². The molecule has 0 saturated heterocycles. The zero-order chi connectivity index (χ0) is 18.5. The maximum absolute atomic E-state index is 12.4. The van der Waals surface area contributed by atoms with Crippen molar-refractivity contribution in [1.82, 2.24) is 5.32 Å². The van der Waals surface area contributed by atoms with Gasteiger partial charge < -0.3 is 10.1 Å². The lowest BCUT2D eigenvalue weighted by molar-refractivity contribution is -0.138. The van der Waals surface area contributed by atoms with Crippen LogP contribution in [0.3, 0.4) is 0 Å². The van der Waals surface area contributed by atoms with Gasteiger partial charge in [-0.15, -0.1) is 0 Å². The van der Waals surface area contributed by atoms with E-state index < -0.39 is 5.97 Å². The first-order valence-electron chi connectivity index (χ1n) is 8.92. The molecule has 0 aliphatic carbocycles. The fourth-order valence-electron chi connectivity index (χ4n) is 3.15. The van der Waals surface area contributed by atoms with Crippen LogP contribution in [0.4, 0.5) is 0 Å². The molecule has 4 heteroatoms. The van der Waals surface area contributed by atoms with Crippen molar-refractivity contribution in [3.05, 3.63) is 77.4 Å². The number of nitrogens with one attached hydrogen (secondary N) is 1. The Hall–Kier alpha value is -2.88. The number of ether oxygens (including phenoxy) is 1. The highest BCUT2D eigenvalue weighted by Gasteiger charge is 2.31. The summed E-state index contributed by atoms with van der Waals surface area (Å²) < 4.78 is 5.41. The Kier molecular flexibility index (Phi) is 5.52. The predicted octanol–water partition coefficient (Wildman–Crippen LogP) is 3.97. The van der Waals surface area contributed by atoms with Crippen LogP contribution >= 0.6 is 0 Å². The van der Waals surface area contributed by atoms with E-state index >= 15 is 0 Å². The van der Waals surface area contributed by atoms with Gasteiger partial charge in [0.25, 0.3) is 5.91 Å². The molecule has 1 N–H and O–H groups in total. The monoisotopic (exact) mass is 349 g/mol. The van der Waals surface area contributed by atoms with Crippen LogP contribution < -0.4 is 5.32 Å². The standard InChI is InChI=1S/C22H23NO3/c1-3-15(2)21-19(17-11-7-8-12-18(17)22(25)23-21)13-20(24)26-14-16-9-5-4-6-10-16/h4-13,15,21H,3,14H2,1-2H3,(H,23,25)/b19-13-/t15-,21-/m0/s1. The second-order valence-electron chi connectivity index (χ2n) is 6.58. The van der Waals surface area contributed by atoms with Crippen molar-refractivity contribution in [1.29, 1.82) is 0 Å². The third-order valence-electron chi connectivity index (χ3n) is 4.81. The summed E-state index contributed by atoms with van der Waals surface area (Å²) in [6.45, 7) is 4.37. The molecule has 4 nitrogen and oxygen atoms in total. The first-order chi connectivity index (χ1) is 12.6. The van der Waals surface area contributed by atoms with Crippen molar-refractivity contribution < 1.29 is 14.3 Å². The van der Waals surface area contributed by atoms with Crippen molar-refractivity contribution in [3.8, 4) is 0 Å². The molecule has 1 aliphatic heterocycles. The summed E-state index contributed by atoms with van der Waals surface area (Å²) in [5.74, 6) is -0.288. The molecule has 0 fully saturated rings. The normalized spacial score (nSPS) is 18.8. The van der Waals surface area contributed by atoms with Crippen LogP contribution in [0.15, 0.2) is 60.7 Å². The highest BCUT2D eigenvalue weighted by atomic mass is 16.5. The van der Waals surface area contributed by atoms with E-state index in [4.69, 9.17) is 4.74 Å². The fraction of sp³-hybridized carbons (Fsp3) is 0.273. The van der Waals surface area contributed by atoms with Crippen LogP contribution in [0.2, 0.25) is 0 Å². The van der Waals surface area contributed by atoms with Crippen LogP contribution in [0.25, 0.3) is 5.57 Å². The Balaban J connectivity index is 1.87. The van der Waals surface area contributed by atoms with E-state index in [1.807, 2.05) is 48.5 Å². The van der Waals surface area contributed by atoms with Gasteiger partial charge in [-0.3, -0.25) is 4.79 Å². The second-order valence-corrected chi connectivity index (χ2v) is 6.58. The quantitative estimate of drug-likeness (QED) is 0.656. The Bertz CT molecular complexity index is 826. The third kappa shape index (κ3) is 3.85. The third-order valence-corrected chi connectivity index (χ3v) is 4.81. The minimum absolute atomic E-state index is 0.0966. The van der Waals surface area contributed by atoms with E-state index in [2.05, 4.69) is 19.2 Å². The van der Waals surface area contributed by atoms with Crippen molar-refractivity contribution in [2.75, 3.05) is 0 Å². The summed E-state index contributed by atoms with van der Waals surface area (Å²) in [5, 5.41) is 3.04. The minimum Gasteiger partial charge on any atom is -0.458 e. The molecule has 0 aromatic heterocycles. The Labute approximate surface area is 153 Å². The molecule has 1 aliphatic rings. The molecule has 1 heterocycles. The number of benzene rings is 2. The van der Waals surface area contributed by atoms with Crippen molar-refractivity contribution in [3.63, 3.8) is 0 Å². The Morgan fingerprint density at radius 1 is 1.12 bits per heavy atom. The number of fused-ring (bicyclic) bond motifs is 1. The first kappa shape index (κ1) is 17.9. The summed E-state index contributed by atoms with van der Waals surface area (Å²) >= 11 is 0. The molecule has 2 atom stereocenters. The van der Waals surface area contributed by atoms with Gasteiger partial charge in [0.05, 0.1) is 6.04 Å². The van der Waals surface area contributed by atoms with Gasteiger partial charge in [-0.1, -0.05) is 68.8 Å². The van der Waals surface area contributed by atoms with Gasteiger partial charge in [0, 0.05) is 11.6 Å². The maximum Gasteiger partial charge on any atom is 0.331 e. The lowest BCUT2D eigenvalue weighted by atomic mass is 9.82. The van der Waals surface area contributed by atoms with Gasteiger partial charge in [0.15, 0.2) is 0 Å². The van der Waals surface area contributed by atoms with Crippen LogP contribution in [0, 0.1) is 5.92 Å². The van der Waals surface area contributed by atoms with E-state index in [0.29, 0.717) is 5.56 Å². The summed E-state index contributed by atoms with van der Waals surface area (Å²) in [6, 6.07) is 16.7. The number of carbonyl (C=O) groups is 2. The van der Waals surface area contributed by atoms with Gasteiger partial charge in [0.2, 0.25) is 0 Å². The highest BCUT2D eigenvalue weighted by Crippen LogP contribution is 2.31. The smallest absolute Gasteiger partial charge is 0.331 e. The van der Waals surface area contributed by atoms with Crippen molar-refractivity contribution in [2.45, 2.75) is 32.9 Å². The summed E-state index contributed by atoms with van der Waals surface area (Å²) in [7, 11) is 0. The van der Waals surface area contributed by atoms with Crippen LogP contribution in [0.5, 0.6) is 0 Å². The topological polar surface area (TPSA) is 55.4 Å². The number of hydrogen-bond donors (Lipinski definition) is 1. The highest BCUT2D eigenvalue weighted by molar-refractivity contribution is 6.06. The zero-order valence-corrected chi connectivity index (χ0v) is 15.1. The molecule has 0 bridgehead atoms. The molecular weight excluding hydrogens is 326 g/mol. The lowest BCUT2D eigenvalue weighted by Crippen LogP contribution is -2.44. The minimum atomic E-state index is -0.400. The molecule has 1 amide bonds. The van der Waals surface area contributed by atoms with Crippen molar-refractivity contribution >= 4 is 17.4 Å². The van der Waals surface area contributed by atoms with E-state index in [1.54, 1.807) is 6.07 Å². The molecular formula is C22H23NO3. The second kappa shape index (κ2) is 8.00. The molecule has 0 saturated carbocycles. The van der Waals surface area contributed by atoms with Crippen LogP contribution in [-0.2, 0) is 16.1 Å². The predicted molar refractivity (Wildman–Crippen MR) is 101 cm³/mol. The molecule has 0 radical (unpaired) electrons. The van der Waals surface area contributed by atoms with Crippen LogP contribution in [0.1, 0.15) is 41.8 Å². The molecule has 2 aromatic carbocycles. The number of hydrogen-bond acceptors (Lipinski definition) is 3. The first-order valence-corrected chi connectivity index (χ1v) is 8.92. The van der Waals surface area contributed by atoms with Gasteiger partial charge in [-0.25, -0.2) is 4.79 Å². The lowest BCUT2D eigenvalue weighted by Gasteiger charge is -2.32. The van der Waals surface area contributed by atoms with E-state index in [-0.39, 0.29) is 24.5 Å². The number of esters is 1. The number of amides is 1. The molecule has 26 heavy (non-hydrogen) atoms. The summed E-state index contributed by atoms with van der Waals surface area (Å²) in [5.41, 5.74) is 3.15. The SMILES string of the molecule is CC[C@H](C)[C@@H]1NC(=O)c2ccccc2/C1=C/C(=O)OCc1ccccc1. The number of rotatable bonds is 5. The molecule has 134 valence electrons. The molecule has 0 spiro atoms. The molecule has 2 aromatic rings. The average Bonchev–Trinajstić information content (AvgIpc) is 2.68. The number of carbonyl (C=O) groups excluding carboxylic acids is 2. The van der Waals surface area contributed by atoms with Gasteiger partial charge in [-0.05, 0) is 28.7 Å². The largest absolute Gasteiger partial charge is 0.458 e. The summed E-state index contributed by atoms with van der Waals surface area (Å²) in [6.07, 6.45) is 2.42. The molecule has 0 unspecified atom stereocenters. The zero-order valence-electron chi connectivity index (χ0n) is 15.1. The average molecular weight is 349 g/mol. The van der Waals surface area contributed by atoms with E-state index in [1.165, 1.54) is 6.08 Å². The maximum atomic E-state index is 12.4. The van der Waals surface area contributed by atoms with E-state index in [9.17, 15) is 9.59 Å². The van der Waals surface area contributed by atoms with Crippen molar-refractivity contribution in [2.24, 2.45) is 5.92 Å². The van der Waals surface area contributed by atoms with Crippen LogP contribution in [-0.4, -0.2) is 17.9 Å². The van der Waals surface area contributed by atoms with E-state index in [0.717, 1.165) is 23.1 Å². The summed E-state index contributed by atoms with van der Waals surface area (Å²) in [4.78, 5) is 24.8. The van der Waals surface area contributed by atoms with Gasteiger partial charge in [-0.2, -0.15) is 0 Å². The molecule has 3 rings (SSSR count).